The molecular weight excluding hydrogens is 454 g/mol. The van der Waals surface area contributed by atoms with Crippen LogP contribution in [0, 0.1) is 6.92 Å². The molecule has 0 bridgehead atoms. The van der Waals surface area contributed by atoms with Crippen molar-refractivity contribution in [2.24, 2.45) is 0 Å². The number of hydrogen-bond acceptors (Lipinski definition) is 6. The third kappa shape index (κ3) is 7.45. The van der Waals surface area contributed by atoms with Gasteiger partial charge in [0.2, 0.25) is 5.91 Å². The van der Waals surface area contributed by atoms with Crippen molar-refractivity contribution in [1.29, 1.82) is 0 Å². The van der Waals surface area contributed by atoms with Gasteiger partial charge in [0, 0.05) is 19.4 Å². The predicted octanol–water partition coefficient (Wildman–Crippen LogP) is 4.12. The van der Waals surface area contributed by atoms with Crippen LogP contribution in [0.4, 0.5) is 0 Å². The number of carbonyl (C=O) groups is 2. The molecule has 1 N–H and O–H groups in total. The normalized spacial score (nSPS) is 11.9. The summed E-state index contributed by atoms with van der Waals surface area (Å²) >= 11 is 0. The van der Waals surface area contributed by atoms with Crippen molar-refractivity contribution in [2.45, 2.75) is 37.7 Å². The van der Waals surface area contributed by atoms with E-state index in [1.807, 2.05) is 37.3 Å². The maximum Gasteiger partial charge on any atom is 0.339 e. The molecular formula is C26H27NO6S. The van der Waals surface area contributed by atoms with Crippen LogP contribution in [0.5, 0.6) is 5.75 Å². The van der Waals surface area contributed by atoms with Crippen LogP contribution in [-0.2, 0) is 31.1 Å². The molecule has 0 aliphatic heterocycles. The third-order valence-corrected chi connectivity index (χ3v) is 6.38. The molecule has 1 amide bonds. The molecule has 0 aromatic heterocycles. The lowest BCUT2D eigenvalue weighted by molar-refractivity contribution is -0.145. The first-order valence-electron chi connectivity index (χ1n) is 10.8. The van der Waals surface area contributed by atoms with Gasteiger partial charge >= 0.3 is 16.1 Å². The Balaban J connectivity index is 1.68. The van der Waals surface area contributed by atoms with Gasteiger partial charge in [-0.3, -0.25) is 9.59 Å². The molecule has 0 fully saturated rings. The minimum Gasteiger partial charge on any atom is -0.461 e. The fourth-order valence-corrected chi connectivity index (χ4v) is 4.18. The predicted molar refractivity (Wildman–Crippen MR) is 128 cm³/mol. The topological polar surface area (TPSA) is 98.8 Å². The van der Waals surface area contributed by atoms with Crippen LogP contribution in [0.25, 0.3) is 0 Å². The quantitative estimate of drug-likeness (QED) is 0.346. The lowest BCUT2D eigenvalue weighted by Crippen LogP contribution is -2.27. The molecule has 0 radical (unpaired) electrons. The van der Waals surface area contributed by atoms with E-state index >= 15 is 0 Å². The molecule has 34 heavy (non-hydrogen) atoms. The van der Waals surface area contributed by atoms with Crippen LogP contribution in [-0.4, -0.2) is 26.8 Å². The van der Waals surface area contributed by atoms with Gasteiger partial charge in [-0.1, -0.05) is 60.2 Å². The van der Waals surface area contributed by atoms with Crippen molar-refractivity contribution in [3.05, 3.63) is 95.6 Å². The first-order chi connectivity index (χ1) is 16.2. The number of rotatable bonds is 10. The van der Waals surface area contributed by atoms with Crippen LogP contribution in [0.2, 0.25) is 0 Å². The zero-order chi connectivity index (χ0) is 24.6. The smallest absolute Gasteiger partial charge is 0.339 e. The number of carbonyl (C=O) groups excluding carboxylic acids is 2. The van der Waals surface area contributed by atoms with E-state index in [9.17, 15) is 18.0 Å². The maximum atomic E-state index is 12.5. The number of hydrogen-bond donors (Lipinski definition) is 1. The van der Waals surface area contributed by atoms with E-state index in [1.54, 1.807) is 24.3 Å². The third-order valence-electron chi connectivity index (χ3n) is 5.12. The summed E-state index contributed by atoms with van der Waals surface area (Å²) in [6.07, 6.45) is 0.0506. The SMILES string of the molecule is CC(=O)NCC(CC(=O)OCc1ccccc1)c1ccc(OS(=O)(=O)c2ccc(C)cc2)cc1. The molecule has 0 saturated heterocycles. The molecule has 0 saturated carbocycles. The molecule has 0 heterocycles. The molecule has 1 atom stereocenters. The summed E-state index contributed by atoms with van der Waals surface area (Å²) in [5.74, 6) is -0.822. The first kappa shape index (κ1) is 25.0. The Hall–Kier alpha value is -3.65. The fraction of sp³-hybridized carbons (Fsp3) is 0.231. The van der Waals surface area contributed by atoms with Gasteiger partial charge in [0.05, 0.1) is 6.42 Å². The van der Waals surface area contributed by atoms with E-state index in [4.69, 9.17) is 8.92 Å². The number of ether oxygens (including phenoxy) is 1. The van der Waals surface area contributed by atoms with Crippen molar-refractivity contribution >= 4 is 22.0 Å². The van der Waals surface area contributed by atoms with Gasteiger partial charge in [0.25, 0.3) is 0 Å². The summed E-state index contributed by atoms with van der Waals surface area (Å²) in [6.45, 7) is 3.66. The zero-order valence-electron chi connectivity index (χ0n) is 19.1. The van der Waals surface area contributed by atoms with E-state index in [1.165, 1.54) is 31.2 Å². The number of benzene rings is 3. The molecule has 8 heteroatoms. The van der Waals surface area contributed by atoms with Gasteiger partial charge in [0.15, 0.2) is 0 Å². The van der Waals surface area contributed by atoms with Gasteiger partial charge in [-0.15, -0.1) is 0 Å². The molecule has 3 rings (SSSR count). The second-order valence-electron chi connectivity index (χ2n) is 7.90. The Bertz CT molecular complexity index is 1210. The lowest BCUT2D eigenvalue weighted by Gasteiger charge is -2.18. The summed E-state index contributed by atoms with van der Waals surface area (Å²) in [6, 6.07) is 22.1. The van der Waals surface area contributed by atoms with Gasteiger partial charge in [-0.25, -0.2) is 0 Å². The molecule has 7 nitrogen and oxygen atoms in total. The first-order valence-corrected chi connectivity index (χ1v) is 12.2. The van der Waals surface area contributed by atoms with E-state index in [-0.39, 0.29) is 42.0 Å². The van der Waals surface area contributed by atoms with Gasteiger partial charge in [0.1, 0.15) is 17.3 Å². The monoisotopic (exact) mass is 481 g/mol. The van der Waals surface area contributed by atoms with Crippen molar-refractivity contribution < 1.29 is 26.9 Å². The van der Waals surface area contributed by atoms with Crippen molar-refractivity contribution in [3.8, 4) is 5.75 Å². The largest absolute Gasteiger partial charge is 0.461 e. The molecule has 0 aliphatic carbocycles. The van der Waals surface area contributed by atoms with Crippen LogP contribution < -0.4 is 9.50 Å². The van der Waals surface area contributed by atoms with Gasteiger partial charge in [-0.2, -0.15) is 8.42 Å². The fourth-order valence-electron chi connectivity index (χ4n) is 3.25. The number of amides is 1. The van der Waals surface area contributed by atoms with E-state index in [0.29, 0.717) is 0 Å². The summed E-state index contributed by atoms with van der Waals surface area (Å²) < 4.78 is 35.6. The molecule has 0 spiro atoms. The number of aryl methyl sites for hydroxylation is 1. The van der Waals surface area contributed by atoms with Crippen molar-refractivity contribution in [1.82, 2.24) is 5.32 Å². The maximum absolute atomic E-state index is 12.5. The standard InChI is InChI=1S/C26H27NO6S/c1-19-8-14-25(15-9-19)34(30,31)33-24-12-10-22(11-13-24)23(17-27-20(2)28)16-26(29)32-18-21-6-4-3-5-7-21/h3-15,23H,16-18H2,1-2H3,(H,27,28). The van der Waals surface area contributed by atoms with Crippen LogP contribution in [0.15, 0.2) is 83.8 Å². The zero-order valence-corrected chi connectivity index (χ0v) is 19.9. The van der Waals surface area contributed by atoms with Crippen molar-refractivity contribution in [2.75, 3.05) is 6.54 Å². The van der Waals surface area contributed by atoms with Crippen LogP contribution in [0.3, 0.4) is 0 Å². The Morgan fingerprint density at radius 2 is 1.56 bits per heavy atom. The van der Waals surface area contributed by atoms with Crippen LogP contribution in [0.1, 0.15) is 36.0 Å². The number of nitrogens with one attached hydrogen (secondary N) is 1. The summed E-state index contributed by atoms with van der Waals surface area (Å²) in [5, 5.41) is 2.73. The second-order valence-corrected chi connectivity index (χ2v) is 9.45. The summed E-state index contributed by atoms with van der Waals surface area (Å²) in [4.78, 5) is 23.9. The minimum atomic E-state index is -3.97. The van der Waals surface area contributed by atoms with E-state index in [2.05, 4.69) is 5.32 Å². The van der Waals surface area contributed by atoms with Gasteiger partial charge in [-0.05, 0) is 42.3 Å². The van der Waals surface area contributed by atoms with Crippen LogP contribution >= 0.6 is 0 Å². The molecule has 1 unspecified atom stereocenters. The Morgan fingerprint density at radius 1 is 0.912 bits per heavy atom. The Morgan fingerprint density at radius 3 is 2.18 bits per heavy atom. The average Bonchev–Trinajstić information content (AvgIpc) is 2.81. The summed E-state index contributed by atoms with van der Waals surface area (Å²) in [7, 11) is -3.97. The summed E-state index contributed by atoms with van der Waals surface area (Å²) in [5.41, 5.74) is 2.56. The van der Waals surface area contributed by atoms with E-state index < -0.39 is 16.1 Å². The molecule has 0 aliphatic rings. The highest BCUT2D eigenvalue weighted by atomic mass is 32.2. The van der Waals surface area contributed by atoms with Gasteiger partial charge < -0.3 is 14.2 Å². The highest BCUT2D eigenvalue weighted by molar-refractivity contribution is 7.87. The molecule has 3 aromatic carbocycles. The molecule has 178 valence electrons. The average molecular weight is 482 g/mol. The minimum absolute atomic E-state index is 0.0506. The highest BCUT2D eigenvalue weighted by Gasteiger charge is 2.20. The Kier molecular flexibility index (Phi) is 8.43. The van der Waals surface area contributed by atoms with Crippen molar-refractivity contribution in [3.63, 3.8) is 0 Å². The highest BCUT2D eigenvalue weighted by Crippen LogP contribution is 2.25. The van der Waals surface area contributed by atoms with E-state index in [0.717, 1.165) is 16.7 Å². The molecule has 3 aromatic rings. The lowest BCUT2D eigenvalue weighted by atomic mass is 9.95. The number of esters is 1. The Labute approximate surface area is 199 Å². The second kappa shape index (κ2) is 11.5.